The topological polar surface area (TPSA) is 18.5 Å². The van der Waals surface area contributed by atoms with Crippen molar-refractivity contribution in [3.63, 3.8) is 0 Å². The number of hydrogen-bond donors (Lipinski definition) is 0. The highest BCUT2D eigenvalue weighted by Gasteiger charge is 2.10. The van der Waals surface area contributed by atoms with E-state index in [1.807, 2.05) is 0 Å². The Bertz CT molecular complexity index is 273. The first-order valence-electron chi connectivity index (χ1n) is 3.41. The molecule has 1 aromatic carbocycles. The Labute approximate surface area is 63.5 Å². The lowest BCUT2D eigenvalue weighted by Gasteiger charge is -2.17. The van der Waals surface area contributed by atoms with Crippen molar-refractivity contribution in [3.8, 4) is 11.5 Å². The average Bonchev–Trinajstić information content (AvgIpc) is 2.04. The summed E-state index contributed by atoms with van der Waals surface area (Å²) in [5, 5.41) is 0. The van der Waals surface area contributed by atoms with Gasteiger partial charge in [0.2, 0.25) is 0 Å². The average molecular weight is 154 g/mol. The van der Waals surface area contributed by atoms with E-state index in [1.165, 1.54) is 12.1 Å². The van der Waals surface area contributed by atoms with Crippen molar-refractivity contribution < 1.29 is 13.9 Å². The fourth-order valence-electron chi connectivity index (χ4n) is 1.02. The van der Waals surface area contributed by atoms with Crippen LogP contribution in [0.2, 0.25) is 0 Å². The van der Waals surface area contributed by atoms with Gasteiger partial charge in [-0.25, -0.2) is 4.39 Å². The van der Waals surface area contributed by atoms with Gasteiger partial charge in [0.05, 0.1) is 0 Å². The predicted octanol–water partition coefficient (Wildman–Crippen LogP) is 1.60. The molecule has 0 spiro atoms. The molecule has 1 aliphatic heterocycles. The van der Waals surface area contributed by atoms with Crippen molar-refractivity contribution in [2.75, 3.05) is 13.2 Å². The largest absolute Gasteiger partial charge is 0.486 e. The number of benzene rings is 1. The molecule has 58 valence electrons. The lowest BCUT2D eigenvalue weighted by Crippen LogP contribution is -2.15. The number of halogens is 1. The molecule has 0 aromatic heterocycles. The van der Waals surface area contributed by atoms with Gasteiger partial charge in [-0.1, -0.05) is 0 Å². The fourth-order valence-corrected chi connectivity index (χ4v) is 1.02. The van der Waals surface area contributed by atoms with E-state index in [1.54, 1.807) is 6.07 Å². The summed E-state index contributed by atoms with van der Waals surface area (Å²) in [5.41, 5.74) is 0. The minimum atomic E-state index is -0.297. The van der Waals surface area contributed by atoms with Crippen molar-refractivity contribution in [2.24, 2.45) is 0 Å². The van der Waals surface area contributed by atoms with Gasteiger partial charge < -0.3 is 9.47 Å². The highest BCUT2D eigenvalue weighted by Crippen LogP contribution is 2.29. The van der Waals surface area contributed by atoms with Crippen LogP contribution in [0.4, 0.5) is 4.39 Å². The molecule has 2 rings (SSSR count). The minimum absolute atomic E-state index is 0.297. The summed E-state index contributed by atoms with van der Waals surface area (Å²) in [6.07, 6.45) is 0. The maximum Gasteiger partial charge on any atom is 0.164 e. The zero-order valence-electron chi connectivity index (χ0n) is 5.84. The quantitative estimate of drug-likeness (QED) is 0.565. The molecule has 0 aliphatic carbocycles. The second kappa shape index (κ2) is 2.42. The number of hydrogen-bond acceptors (Lipinski definition) is 2. The predicted molar refractivity (Wildman–Crippen MR) is 37.4 cm³/mol. The zero-order chi connectivity index (χ0) is 7.68. The molecule has 11 heavy (non-hydrogen) atoms. The van der Waals surface area contributed by atoms with Gasteiger partial charge in [-0.15, -0.1) is 0 Å². The van der Waals surface area contributed by atoms with Crippen LogP contribution in [0.25, 0.3) is 0 Å². The van der Waals surface area contributed by atoms with Crippen LogP contribution >= 0.6 is 0 Å². The number of rotatable bonds is 0. The van der Waals surface area contributed by atoms with E-state index < -0.39 is 0 Å². The van der Waals surface area contributed by atoms with Gasteiger partial charge in [-0.3, -0.25) is 0 Å². The number of fused-ring (bicyclic) bond motifs is 1. The van der Waals surface area contributed by atoms with Crippen molar-refractivity contribution in [2.45, 2.75) is 0 Å². The van der Waals surface area contributed by atoms with Crippen LogP contribution in [0.5, 0.6) is 11.5 Å². The van der Waals surface area contributed by atoms with Gasteiger partial charge in [0.25, 0.3) is 0 Å². The van der Waals surface area contributed by atoms with Gasteiger partial charge in [-0.05, 0) is 12.1 Å². The van der Waals surface area contributed by atoms with E-state index in [0.717, 1.165) is 0 Å². The minimum Gasteiger partial charge on any atom is -0.486 e. The molecule has 0 radical (unpaired) electrons. The first-order valence-corrected chi connectivity index (χ1v) is 3.41. The Hall–Kier alpha value is -1.25. The maximum atomic E-state index is 12.6. The fraction of sp³-hybridized carbons (Fsp3) is 0.250. The summed E-state index contributed by atoms with van der Waals surface area (Å²) in [6, 6.07) is 4.26. The van der Waals surface area contributed by atoms with Crippen LogP contribution in [-0.4, -0.2) is 13.2 Å². The Morgan fingerprint density at radius 3 is 2.64 bits per heavy atom. The van der Waals surface area contributed by atoms with E-state index in [2.05, 4.69) is 0 Å². The molecule has 0 atom stereocenters. The van der Waals surface area contributed by atoms with E-state index in [4.69, 9.17) is 9.47 Å². The highest BCUT2D eigenvalue weighted by atomic mass is 19.1. The maximum absolute atomic E-state index is 12.6. The molecule has 0 saturated heterocycles. The van der Waals surface area contributed by atoms with Crippen molar-refractivity contribution in [1.82, 2.24) is 0 Å². The molecule has 2 nitrogen and oxygen atoms in total. The van der Waals surface area contributed by atoms with Crippen molar-refractivity contribution in [1.29, 1.82) is 0 Å². The summed E-state index contributed by atoms with van der Waals surface area (Å²) in [6.45, 7) is 1.04. The van der Waals surface area contributed by atoms with Crippen LogP contribution < -0.4 is 9.47 Å². The highest BCUT2D eigenvalue weighted by molar-refractivity contribution is 5.40. The normalized spacial score (nSPS) is 14.6. The van der Waals surface area contributed by atoms with Crippen LogP contribution in [-0.2, 0) is 0 Å². The Balaban J connectivity index is 2.43. The molecular formula is C8H7FO2. The van der Waals surface area contributed by atoms with E-state index in [-0.39, 0.29) is 5.82 Å². The summed E-state index contributed by atoms with van der Waals surface area (Å²) in [7, 11) is 0. The Kier molecular flexibility index (Phi) is 1.42. The molecule has 0 saturated carbocycles. The third-order valence-electron chi connectivity index (χ3n) is 1.50. The number of ether oxygens (including phenoxy) is 2. The van der Waals surface area contributed by atoms with Gasteiger partial charge in [0, 0.05) is 6.07 Å². The molecule has 1 heterocycles. The third-order valence-corrected chi connectivity index (χ3v) is 1.50. The van der Waals surface area contributed by atoms with Gasteiger partial charge in [0.1, 0.15) is 19.0 Å². The first-order chi connectivity index (χ1) is 5.36. The molecule has 0 amide bonds. The lowest BCUT2D eigenvalue weighted by atomic mass is 10.3. The van der Waals surface area contributed by atoms with Crippen LogP contribution in [0, 0.1) is 5.82 Å². The summed E-state index contributed by atoms with van der Waals surface area (Å²) >= 11 is 0. The van der Waals surface area contributed by atoms with E-state index >= 15 is 0 Å². The molecule has 0 bridgehead atoms. The molecular weight excluding hydrogens is 147 g/mol. The smallest absolute Gasteiger partial charge is 0.164 e. The van der Waals surface area contributed by atoms with Crippen molar-refractivity contribution >= 4 is 0 Å². The third kappa shape index (κ3) is 1.13. The molecule has 1 aromatic rings. The second-order valence-corrected chi connectivity index (χ2v) is 2.29. The zero-order valence-corrected chi connectivity index (χ0v) is 5.84. The van der Waals surface area contributed by atoms with E-state index in [9.17, 15) is 4.39 Å². The van der Waals surface area contributed by atoms with Gasteiger partial charge >= 0.3 is 0 Å². The molecule has 0 N–H and O–H groups in total. The summed E-state index contributed by atoms with van der Waals surface area (Å²) < 4.78 is 22.9. The standard InChI is InChI=1S/C8H7FO2/c9-6-1-2-7-8(5-6)11-4-3-10-7/h1-2,5H,3-4H2. The lowest BCUT2D eigenvalue weighted by molar-refractivity contribution is 0.170. The van der Waals surface area contributed by atoms with Gasteiger partial charge in [-0.2, -0.15) is 0 Å². The van der Waals surface area contributed by atoms with E-state index in [0.29, 0.717) is 24.7 Å². The molecule has 1 aliphatic rings. The Morgan fingerprint density at radius 2 is 1.82 bits per heavy atom. The van der Waals surface area contributed by atoms with Crippen LogP contribution in [0.15, 0.2) is 18.2 Å². The van der Waals surface area contributed by atoms with Crippen LogP contribution in [0.1, 0.15) is 0 Å². The molecule has 0 fully saturated rings. The molecule has 3 heteroatoms. The summed E-state index contributed by atoms with van der Waals surface area (Å²) in [5.74, 6) is 0.822. The van der Waals surface area contributed by atoms with Crippen LogP contribution in [0.3, 0.4) is 0 Å². The second-order valence-electron chi connectivity index (χ2n) is 2.29. The SMILES string of the molecule is Fc1ccc2c(c1)OCCO2. The van der Waals surface area contributed by atoms with Crippen molar-refractivity contribution in [3.05, 3.63) is 24.0 Å². The molecule has 0 unspecified atom stereocenters. The monoisotopic (exact) mass is 154 g/mol. The Morgan fingerprint density at radius 1 is 1.09 bits per heavy atom. The first kappa shape index (κ1) is 6.46. The van der Waals surface area contributed by atoms with Gasteiger partial charge in [0.15, 0.2) is 11.5 Å². The summed E-state index contributed by atoms with van der Waals surface area (Å²) in [4.78, 5) is 0.